The standard InChI is InChI=1S/C20H15BrN2O4S/c1-11-3-2-4-12(9-11)18(24)23-20(28)22-13-5-6-14(15(21)10-13)16-7-8-17(27-16)19(25)26/h2-10H,1H3,(H,25,26)(H2,22,23,24,28). The van der Waals surface area contributed by atoms with Gasteiger partial charge in [-0.15, -0.1) is 0 Å². The molecule has 0 saturated carbocycles. The van der Waals surface area contributed by atoms with Crippen molar-refractivity contribution in [3.05, 3.63) is 76.0 Å². The number of thiocarbonyl (C=S) groups is 1. The van der Waals surface area contributed by atoms with E-state index in [1.165, 1.54) is 6.07 Å². The topological polar surface area (TPSA) is 91.6 Å². The monoisotopic (exact) mass is 458 g/mol. The number of nitrogens with one attached hydrogen (secondary N) is 2. The molecular weight excluding hydrogens is 444 g/mol. The molecule has 0 bridgehead atoms. The average Bonchev–Trinajstić information content (AvgIpc) is 3.12. The third-order valence-corrected chi connectivity index (χ3v) is 4.68. The molecule has 1 amide bonds. The fourth-order valence-corrected chi connectivity index (χ4v) is 3.30. The van der Waals surface area contributed by atoms with E-state index in [1.54, 1.807) is 42.5 Å². The van der Waals surface area contributed by atoms with E-state index >= 15 is 0 Å². The quantitative estimate of drug-likeness (QED) is 0.484. The number of aromatic carboxylic acids is 1. The SMILES string of the molecule is Cc1cccc(C(=O)NC(=S)Nc2ccc(-c3ccc(C(=O)O)o3)c(Br)c2)c1. The van der Waals surface area contributed by atoms with Gasteiger partial charge >= 0.3 is 5.97 Å². The molecule has 0 saturated heterocycles. The van der Waals surface area contributed by atoms with E-state index in [2.05, 4.69) is 26.6 Å². The van der Waals surface area contributed by atoms with Gasteiger partial charge in [-0.05, 0) is 77.5 Å². The first-order valence-corrected chi connectivity index (χ1v) is 9.35. The first kappa shape index (κ1) is 19.8. The molecular formula is C20H15BrN2O4S. The van der Waals surface area contributed by atoms with Crippen molar-refractivity contribution in [2.75, 3.05) is 5.32 Å². The van der Waals surface area contributed by atoms with Crippen LogP contribution in [0.5, 0.6) is 0 Å². The minimum Gasteiger partial charge on any atom is -0.475 e. The zero-order valence-electron chi connectivity index (χ0n) is 14.7. The lowest BCUT2D eigenvalue weighted by molar-refractivity contribution is 0.0663. The fourth-order valence-electron chi connectivity index (χ4n) is 2.51. The second-order valence-corrected chi connectivity index (χ2v) is 7.20. The van der Waals surface area contributed by atoms with Gasteiger partial charge in [0.25, 0.3) is 5.91 Å². The Hall–Kier alpha value is -2.97. The van der Waals surface area contributed by atoms with Crippen LogP contribution in [0.3, 0.4) is 0 Å². The summed E-state index contributed by atoms with van der Waals surface area (Å²) in [6, 6.07) is 15.4. The van der Waals surface area contributed by atoms with Gasteiger partial charge in [-0.25, -0.2) is 4.79 Å². The highest BCUT2D eigenvalue weighted by Gasteiger charge is 2.14. The minimum atomic E-state index is -1.13. The Bertz CT molecular complexity index is 1080. The van der Waals surface area contributed by atoms with Gasteiger partial charge < -0.3 is 14.8 Å². The number of carboxylic acid groups (broad SMARTS) is 1. The number of aryl methyl sites for hydroxylation is 1. The number of rotatable bonds is 4. The molecule has 0 fully saturated rings. The van der Waals surface area contributed by atoms with Gasteiger partial charge in [-0.1, -0.05) is 17.7 Å². The molecule has 0 aliphatic rings. The summed E-state index contributed by atoms with van der Waals surface area (Å²) in [5.74, 6) is -1.14. The van der Waals surface area contributed by atoms with Crippen molar-refractivity contribution >= 4 is 50.8 Å². The van der Waals surface area contributed by atoms with Gasteiger partial charge in [0.2, 0.25) is 5.76 Å². The predicted octanol–water partition coefficient (Wildman–Crippen LogP) is 4.84. The highest BCUT2D eigenvalue weighted by molar-refractivity contribution is 9.10. The molecule has 8 heteroatoms. The zero-order valence-corrected chi connectivity index (χ0v) is 17.1. The van der Waals surface area contributed by atoms with Crippen molar-refractivity contribution in [1.82, 2.24) is 5.32 Å². The third kappa shape index (κ3) is 4.65. The molecule has 1 heterocycles. The molecule has 0 aliphatic heterocycles. The Labute approximate surface area is 174 Å². The van der Waals surface area contributed by atoms with Crippen LogP contribution in [-0.2, 0) is 0 Å². The summed E-state index contributed by atoms with van der Waals surface area (Å²) in [7, 11) is 0. The fraction of sp³-hybridized carbons (Fsp3) is 0.0500. The van der Waals surface area contributed by atoms with Gasteiger partial charge in [-0.2, -0.15) is 0 Å². The van der Waals surface area contributed by atoms with E-state index < -0.39 is 5.97 Å². The Balaban J connectivity index is 1.69. The minimum absolute atomic E-state index is 0.135. The number of carbonyl (C=O) groups excluding carboxylic acids is 1. The lowest BCUT2D eigenvalue weighted by Gasteiger charge is -2.11. The second kappa shape index (κ2) is 8.37. The van der Waals surface area contributed by atoms with E-state index in [0.29, 0.717) is 27.0 Å². The van der Waals surface area contributed by atoms with Crippen molar-refractivity contribution < 1.29 is 19.1 Å². The molecule has 3 N–H and O–H groups in total. The number of halogens is 1. The number of furan rings is 1. The smallest absolute Gasteiger partial charge is 0.371 e. The molecule has 0 aliphatic carbocycles. The normalized spacial score (nSPS) is 10.4. The molecule has 0 atom stereocenters. The maximum absolute atomic E-state index is 12.3. The third-order valence-electron chi connectivity index (χ3n) is 3.82. The largest absolute Gasteiger partial charge is 0.475 e. The number of amides is 1. The Morgan fingerprint density at radius 1 is 1.11 bits per heavy atom. The molecule has 1 aromatic heterocycles. The average molecular weight is 459 g/mol. The van der Waals surface area contributed by atoms with Crippen molar-refractivity contribution in [1.29, 1.82) is 0 Å². The molecule has 142 valence electrons. The lowest BCUT2D eigenvalue weighted by Crippen LogP contribution is -2.34. The van der Waals surface area contributed by atoms with Crippen LogP contribution in [0.2, 0.25) is 0 Å². The predicted molar refractivity (Wildman–Crippen MR) is 114 cm³/mol. The first-order valence-electron chi connectivity index (χ1n) is 8.15. The van der Waals surface area contributed by atoms with Crippen molar-refractivity contribution in [2.45, 2.75) is 6.92 Å². The Morgan fingerprint density at radius 2 is 1.89 bits per heavy atom. The molecule has 3 aromatic rings. The van der Waals surface area contributed by atoms with E-state index in [-0.39, 0.29) is 16.8 Å². The number of hydrogen-bond acceptors (Lipinski definition) is 4. The van der Waals surface area contributed by atoms with Gasteiger partial charge in [0.15, 0.2) is 5.11 Å². The maximum Gasteiger partial charge on any atom is 0.371 e. The van der Waals surface area contributed by atoms with Crippen molar-refractivity contribution in [2.24, 2.45) is 0 Å². The molecule has 28 heavy (non-hydrogen) atoms. The first-order chi connectivity index (χ1) is 13.3. The number of carbonyl (C=O) groups is 2. The van der Waals surface area contributed by atoms with Gasteiger partial charge in [0.1, 0.15) is 5.76 Å². The van der Waals surface area contributed by atoms with Gasteiger partial charge in [0, 0.05) is 21.3 Å². The van der Waals surface area contributed by atoms with Gasteiger partial charge in [-0.3, -0.25) is 10.1 Å². The van der Waals surface area contributed by atoms with Crippen molar-refractivity contribution in [3.8, 4) is 11.3 Å². The van der Waals surface area contributed by atoms with Crippen LogP contribution in [0, 0.1) is 6.92 Å². The van der Waals surface area contributed by atoms with E-state index in [9.17, 15) is 9.59 Å². The molecule has 0 radical (unpaired) electrons. The molecule has 2 aromatic carbocycles. The van der Waals surface area contributed by atoms with E-state index in [1.807, 2.05) is 13.0 Å². The molecule has 3 rings (SSSR count). The van der Waals surface area contributed by atoms with E-state index in [0.717, 1.165) is 5.56 Å². The number of carboxylic acids is 1. The summed E-state index contributed by atoms with van der Waals surface area (Å²) in [5, 5.41) is 14.7. The summed E-state index contributed by atoms with van der Waals surface area (Å²) >= 11 is 8.64. The van der Waals surface area contributed by atoms with Crippen LogP contribution in [-0.4, -0.2) is 22.1 Å². The van der Waals surface area contributed by atoms with Crippen LogP contribution < -0.4 is 10.6 Å². The summed E-state index contributed by atoms with van der Waals surface area (Å²) < 4.78 is 5.99. The van der Waals surface area contributed by atoms with Gasteiger partial charge in [0.05, 0.1) is 0 Å². The van der Waals surface area contributed by atoms with Crippen molar-refractivity contribution in [3.63, 3.8) is 0 Å². The van der Waals surface area contributed by atoms with Crippen LogP contribution in [0.4, 0.5) is 5.69 Å². The highest BCUT2D eigenvalue weighted by Crippen LogP contribution is 2.32. The Morgan fingerprint density at radius 3 is 2.54 bits per heavy atom. The van der Waals surface area contributed by atoms with Crippen LogP contribution in [0.1, 0.15) is 26.5 Å². The zero-order chi connectivity index (χ0) is 20.3. The number of anilines is 1. The number of hydrogen-bond donors (Lipinski definition) is 3. The number of benzene rings is 2. The van der Waals surface area contributed by atoms with Crippen LogP contribution in [0.15, 0.2) is 63.5 Å². The summed E-state index contributed by atoms with van der Waals surface area (Å²) in [6.45, 7) is 1.91. The molecule has 0 spiro atoms. The maximum atomic E-state index is 12.3. The summed E-state index contributed by atoms with van der Waals surface area (Å²) in [6.07, 6.45) is 0. The molecule has 0 unspecified atom stereocenters. The van der Waals surface area contributed by atoms with Crippen LogP contribution in [0.25, 0.3) is 11.3 Å². The summed E-state index contributed by atoms with van der Waals surface area (Å²) in [5.41, 5.74) is 2.84. The van der Waals surface area contributed by atoms with Crippen LogP contribution >= 0.6 is 28.1 Å². The summed E-state index contributed by atoms with van der Waals surface area (Å²) in [4.78, 5) is 23.2. The highest BCUT2D eigenvalue weighted by atomic mass is 79.9. The second-order valence-electron chi connectivity index (χ2n) is 5.94. The lowest BCUT2D eigenvalue weighted by atomic mass is 10.1. The van der Waals surface area contributed by atoms with E-state index in [4.69, 9.17) is 21.7 Å². The Kier molecular flexibility index (Phi) is 5.91. The molecule has 6 nitrogen and oxygen atoms in total.